The summed E-state index contributed by atoms with van der Waals surface area (Å²) < 4.78 is 5.51. The number of nitrogens with zero attached hydrogens (tertiary/aromatic N) is 2. The Kier molecular flexibility index (Phi) is 5.79. The molecule has 0 radical (unpaired) electrons. The molecule has 0 atom stereocenters. The highest BCUT2D eigenvalue weighted by molar-refractivity contribution is 5.78. The van der Waals surface area contributed by atoms with E-state index in [0.29, 0.717) is 26.1 Å². The number of rotatable bonds is 3. The molecule has 1 aliphatic rings. The molecule has 0 unspecified atom stereocenters. The van der Waals surface area contributed by atoms with Gasteiger partial charge in [0.15, 0.2) is 0 Å². The molecule has 1 saturated heterocycles. The Morgan fingerprint density at radius 3 is 2.00 bits per heavy atom. The Bertz CT molecular complexity index is 323. The summed E-state index contributed by atoms with van der Waals surface area (Å²) in [7, 11) is 0. The van der Waals surface area contributed by atoms with Gasteiger partial charge in [0.05, 0.1) is 5.60 Å². The molecule has 19 heavy (non-hydrogen) atoms. The number of ether oxygens (including phenoxy) is 1. The van der Waals surface area contributed by atoms with E-state index in [-0.39, 0.29) is 24.0 Å². The third kappa shape index (κ3) is 5.59. The Balaban J connectivity index is 2.44. The molecule has 1 fully saturated rings. The molecular formula is C14H26N2O3. The molecule has 5 nitrogen and oxygen atoms in total. The Morgan fingerprint density at radius 2 is 1.53 bits per heavy atom. The van der Waals surface area contributed by atoms with Crippen molar-refractivity contribution in [3.8, 4) is 0 Å². The van der Waals surface area contributed by atoms with Crippen LogP contribution >= 0.6 is 0 Å². The van der Waals surface area contributed by atoms with Crippen molar-refractivity contribution in [3.05, 3.63) is 0 Å². The summed E-state index contributed by atoms with van der Waals surface area (Å²) >= 11 is 0. The number of hydrogen-bond donors (Lipinski definition) is 0. The summed E-state index contributed by atoms with van der Waals surface area (Å²) in [5.74, 6) is 0.181. The van der Waals surface area contributed by atoms with Crippen LogP contribution in [0.3, 0.4) is 0 Å². The third-order valence-electron chi connectivity index (χ3n) is 3.13. The smallest absolute Gasteiger partial charge is 0.248 e. The van der Waals surface area contributed by atoms with Gasteiger partial charge in [0.25, 0.3) is 0 Å². The van der Waals surface area contributed by atoms with Crippen molar-refractivity contribution in [2.24, 2.45) is 0 Å². The Morgan fingerprint density at radius 1 is 1.00 bits per heavy atom. The molecular weight excluding hydrogens is 244 g/mol. The third-order valence-corrected chi connectivity index (χ3v) is 3.13. The fourth-order valence-corrected chi connectivity index (χ4v) is 2.01. The molecule has 0 N–H and O–H groups in total. The predicted molar refractivity (Wildman–Crippen MR) is 73.8 cm³/mol. The molecule has 1 aliphatic heterocycles. The van der Waals surface area contributed by atoms with Crippen molar-refractivity contribution in [2.45, 2.75) is 46.1 Å². The van der Waals surface area contributed by atoms with Gasteiger partial charge in [0, 0.05) is 32.6 Å². The normalized spacial score (nSPS) is 17.3. The summed E-state index contributed by atoms with van der Waals surface area (Å²) in [6.45, 7) is 10.5. The maximum Gasteiger partial charge on any atom is 0.248 e. The molecule has 5 heteroatoms. The van der Waals surface area contributed by atoms with Gasteiger partial charge in [-0.25, -0.2) is 0 Å². The van der Waals surface area contributed by atoms with Gasteiger partial charge in [-0.2, -0.15) is 0 Å². The van der Waals surface area contributed by atoms with Crippen molar-refractivity contribution in [2.75, 3.05) is 32.8 Å². The maximum atomic E-state index is 12.0. The molecule has 1 heterocycles. The predicted octanol–water partition coefficient (Wildman–Crippen LogP) is 1.27. The molecule has 0 aromatic rings. The van der Waals surface area contributed by atoms with Gasteiger partial charge < -0.3 is 14.5 Å². The van der Waals surface area contributed by atoms with Crippen molar-refractivity contribution in [3.63, 3.8) is 0 Å². The quantitative estimate of drug-likeness (QED) is 0.776. The van der Waals surface area contributed by atoms with E-state index in [9.17, 15) is 9.59 Å². The minimum absolute atomic E-state index is 0.0146. The number of carbonyl (C=O) groups excluding carboxylic acids is 2. The van der Waals surface area contributed by atoms with Crippen LogP contribution in [0.25, 0.3) is 0 Å². The lowest BCUT2D eigenvalue weighted by Gasteiger charge is -2.24. The number of hydrogen-bond acceptors (Lipinski definition) is 3. The van der Waals surface area contributed by atoms with Crippen LogP contribution in [0.1, 0.15) is 40.5 Å². The van der Waals surface area contributed by atoms with E-state index in [1.165, 1.54) is 0 Å². The zero-order valence-corrected chi connectivity index (χ0v) is 12.6. The van der Waals surface area contributed by atoms with Gasteiger partial charge in [-0.15, -0.1) is 0 Å². The molecule has 110 valence electrons. The van der Waals surface area contributed by atoms with Gasteiger partial charge in [-0.3, -0.25) is 9.59 Å². The fourth-order valence-electron chi connectivity index (χ4n) is 2.01. The van der Waals surface area contributed by atoms with E-state index < -0.39 is 0 Å². The van der Waals surface area contributed by atoms with Gasteiger partial charge in [0.2, 0.25) is 11.8 Å². The molecule has 0 aromatic heterocycles. The van der Waals surface area contributed by atoms with E-state index in [1.54, 1.807) is 4.90 Å². The number of amides is 2. The molecule has 2 amide bonds. The fraction of sp³-hybridized carbons (Fsp3) is 0.857. The lowest BCUT2D eigenvalue weighted by atomic mass is 10.2. The van der Waals surface area contributed by atoms with E-state index in [4.69, 9.17) is 4.74 Å². The second-order valence-electron chi connectivity index (χ2n) is 5.87. The van der Waals surface area contributed by atoms with Gasteiger partial charge >= 0.3 is 0 Å². The largest absolute Gasteiger partial charge is 0.366 e. The minimum atomic E-state index is -0.300. The van der Waals surface area contributed by atoms with Crippen LogP contribution in [-0.2, 0) is 14.3 Å². The number of carbonyl (C=O) groups is 2. The maximum absolute atomic E-state index is 12.0. The first-order valence-electron chi connectivity index (χ1n) is 7.03. The van der Waals surface area contributed by atoms with Crippen molar-refractivity contribution >= 4 is 11.8 Å². The monoisotopic (exact) mass is 270 g/mol. The molecule has 0 spiro atoms. The van der Waals surface area contributed by atoms with Crippen LogP contribution < -0.4 is 0 Å². The highest BCUT2D eigenvalue weighted by Gasteiger charge is 2.22. The van der Waals surface area contributed by atoms with Crippen molar-refractivity contribution < 1.29 is 14.3 Å². The summed E-state index contributed by atoms with van der Waals surface area (Å²) in [5, 5.41) is 0. The first-order valence-corrected chi connectivity index (χ1v) is 7.03. The SMILES string of the molecule is CCC(=O)N1CCCN(C(=O)COC(C)(C)C)CC1. The van der Waals surface area contributed by atoms with Crippen LogP contribution in [0, 0.1) is 0 Å². The zero-order chi connectivity index (χ0) is 14.5. The zero-order valence-electron chi connectivity index (χ0n) is 12.6. The second kappa shape index (κ2) is 6.89. The summed E-state index contributed by atoms with van der Waals surface area (Å²) in [6, 6.07) is 0. The first-order chi connectivity index (χ1) is 8.83. The highest BCUT2D eigenvalue weighted by Crippen LogP contribution is 2.09. The van der Waals surface area contributed by atoms with Crippen LogP contribution in [0.4, 0.5) is 0 Å². The van der Waals surface area contributed by atoms with Crippen LogP contribution in [0.5, 0.6) is 0 Å². The summed E-state index contributed by atoms with van der Waals surface area (Å²) in [6.07, 6.45) is 1.37. The van der Waals surface area contributed by atoms with Gasteiger partial charge in [-0.05, 0) is 27.2 Å². The molecule has 0 aromatic carbocycles. The van der Waals surface area contributed by atoms with E-state index in [1.807, 2.05) is 32.6 Å². The topological polar surface area (TPSA) is 49.9 Å². The first kappa shape index (κ1) is 16.0. The van der Waals surface area contributed by atoms with Gasteiger partial charge in [0.1, 0.15) is 6.61 Å². The second-order valence-corrected chi connectivity index (χ2v) is 5.87. The minimum Gasteiger partial charge on any atom is -0.366 e. The Hall–Kier alpha value is -1.10. The summed E-state index contributed by atoms with van der Waals surface area (Å²) in [4.78, 5) is 27.3. The molecule has 0 bridgehead atoms. The van der Waals surface area contributed by atoms with Crippen molar-refractivity contribution in [1.82, 2.24) is 9.80 Å². The van der Waals surface area contributed by atoms with E-state index in [2.05, 4.69) is 0 Å². The van der Waals surface area contributed by atoms with Crippen LogP contribution in [-0.4, -0.2) is 60.0 Å². The van der Waals surface area contributed by atoms with Crippen LogP contribution in [0.2, 0.25) is 0 Å². The molecule has 1 rings (SSSR count). The standard InChI is InChI=1S/C14H26N2O3/c1-5-12(17)15-7-6-8-16(10-9-15)13(18)11-19-14(2,3)4/h5-11H2,1-4H3. The average Bonchev–Trinajstić information content (AvgIpc) is 2.59. The van der Waals surface area contributed by atoms with E-state index in [0.717, 1.165) is 13.0 Å². The summed E-state index contributed by atoms with van der Waals surface area (Å²) in [5.41, 5.74) is -0.300. The average molecular weight is 270 g/mol. The Labute approximate surface area is 115 Å². The lowest BCUT2D eigenvalue weighted by molar-refractivity contribution is -0.141. The molecule has 0 aliphatic carbocycles. The molecule has 0 saturated carbocycles. The lowest BCUT2D eigenvalue weighted by Crippen LogP contribution is -2.39. The van der Waals surface area contributed by atoms with E-state index >= 15 is 0 Å². The van der Waals surface area contributed by atoms with Gasteiger partial charge in [-0.1, -0.05) is 6.92 Å². The van der Waals surface area contributed by atoms with Crippen molar-refractivity contribution in [1.29, 1.82) is 0 Å². The highest BCUT2D eigenvalue weighted by atomic mass is 16.5. The van der Waals surface area contributed by atoms with Crippen LogP contribution in [0.15, 0.2) is 0 Å².